The Morgan fingerprint density at radius 2 is 1.58 bits per heavy atom. The third-order valence-electron chi connectivity index (χ3n) is 8.34. The van der Waals surface area contributed by atoms with Gasteiger partial charge in [-0.2, -0.15) is 0 Å². The molecule has 4 aromatic rings. The lowest BCUT2D eigenvalue weighted by atomic mass is 9.75. The quantitative estimate of drug-likeness (QED) is 0.428. The van der Waals surface area contributed by atoms with Gasteiger partial charge in [0.25, 0.3) is 5.56 Å². The van der Waals surface area contributed by atoms with Gasteiger partial charge in [0.1, 0.15) is 17.1 Å². The van der Waals surface area contributed by atoms with Gasteiger partial charge < -0.3 is 4.74 Å². The number of hydrogen-bond acceptors (Lipinski definition) is 6. The molecule has 0 radical (unpaired) electrons. The molecule has 1 N–H and O–H groups in total. The molecular weight excluding hydrogens is 480 g/mol. The molecule has 4 atom stereocenters. The first kappa shape index (κ1) is 22.9. The van der Waals surface area contributed by atoms with Crippen LogP contribution in [0.25, 0.3) is 16.6 Å². The second kappa shape index (κ2) is 7.85. The Morgan fingerprint density at radius 1 is 0.895 bits per heavy atom. The van der Waals surface area contributed by atoms with Crippen LogP contribution in [0.3, 0.4) is 0 Å². The van der Waals surface area contributed by atoms with Gasteiger partial charge in [-0.15, -0.1) is 0 Å². The number of methoxy groups -OCH3 is 1. The Hall–Kier alpha value is -4.30. The number of aromatic nitrogens is 2. The Labute approximate surface area is 218 Å². The molecule has 3 aliphatic rings. The van der Waals surface area contributed by atoms with Crippen LogP contribution >= 0.6 is 0 Å². The zero-order chi connectivity index (χ0) is 26.3. The number of nitrogens with one attached hydrogen (secondary N) is 1. The predicted molar refractivity (Wildman–Crippen MR) is 142 cm³/mol. The predicted octanol–water partition coefficient (Wildman–Crippen LogP) is 3.38. The van der Waals surface area contributed by atoms with Gasteiger partial charge in [-0.3, -0.25) is 24.3 Å². The number of fused-ring (bicyclic) bond motifs is 8. The summed E-state index contributed by atoms with van der Waals surface area (Å²) in [7, 11) is 1.52. The van der Waals surface area contributed by atoms with Crippen molar-refractivity contribution < 1.29 is 14.3 Å². The van der Waals surface area contributed by atoms with Crippen LogP contribution in [0.5, 0.6) is 5.75 Å². The molecule has 2 amide bonds. The van der Waals surface area contributed by atoms with Crippen LogP contribution in [-0.4, -0.2) is 34.5 Å². The van der Waals surface area contributed by atoms with E-state index < -0.39 is 17.4 Å². The summed E-state index contributed by atoms with van der Waals surface area (Å²) in [4.78, 5) is 48.7. The molecule has 1 spiro atoms. The number of benzene rings is 3. The lowest BCUT2D eigenvalue weighted by Crippen LogP contribution is -2.51. The molecule has 2 fully saturated rings. The smallest absolute Gasteiger partial charge is 0.266 e. The second-order valence-corrected chi connectivity index (χ2v) is 10.5. The van der Waals surface area contributed by atoms with Gasteiger partial charge in [0.2, 0.25) is 11.8 Å². The van der Waals surface area contributed by atoms with E-state index in [2.05, 4.69) is 5.32 Å². The number of nitrogens with zero attached hydrogens (tertiary/aromatic N) is 3. The summed E-state index contributed by atoms with van der Waals surface area (Å²) in [6.45, 7) is 4.08. The van der Waals surface area contributed by atoms with Crippen LogP contribution in [0, 0.1) is 17.8 Å². The van der Waals surface area contributed by atoms with E-state index in [1.54, 1.807) is 34.9 Å². The van der Waals surface area contributed by atoms with Gasteiger partial charge in [0.15, 0.2) is 0 Å². The van der Waals surface area contributed by atoms with Crippen LogP contribution in [0.1, 0.15) is 25.2 Å². The Balaban J connectivity index is 1.54. The normalized spacial score (nSPS) is 25.4. The van der Waals surface area contributed by atoms with Crippen LogP contribution < -0.4 is 20.5 Å². The summed E-state index contributed by atoms with van der Waals surface area (Å²) in [5.41, 5.74) is 1.09. The molecule has 0 aliphatic carbocycles. The molecule has 1 aromatic heterocycles. The number of hydrogen-bond donors (Lipinski definition) is 1. The monoisotopic (exact) mass is 506 g/mol. The highest BCUT2D eigenvalue weighted by atomic mass is 16.5. The topological polar surface area (TPSA) is 93.5 Å². The van der Waals surface area contributed by atoms with Crippen molar-refractivity contribution in [3.63, 3.8) is 0 Å². The van der Waals surface area contributed by atoms with Crippen molar-refractivity contribution in [1.29, 1.82) is 0 Å². The molecule has 0 unspecified atom stereocenters. The zero-order valence-corrected chi connectivity index (χ0v) is 21.2. The molecule has 3 aromatic carbocycles. The molecule has 0 bridgehead atoms. The molecule has 38 heavy (non-hydrogen) atoms. The van der Waals surface area contributed by atoms with Crippen molar-refractivity contribution in [1.82, 2.24) is 14.9 Å². The van der Waals surface area contributed by atoms with Crippen LogP contribution in [0.15, 0.2) is 77.6 Å². The summed E-state index contributed by atoms with van der Waals surface area (Å²) in [6.07, 6.45) is 0. The summed E-state index contributed by atoms with van der Waals surface area (Å²) in [6, 6.07) is 21.6. The minimum Gasteiger partial charge on any atom is -0.495 e. The lowest BCUT2D eigenvalue weighted by molar-refractivity contribution is -0.123. The molecule has 7 rings (SSSR count). The highest BCUT2D eigenvalue weighted by molar-refractivity contribution is 6.24. The van der Waals surface area contributed by atoms with Crippen molar-refractivity contribution in [2.24, 2.45) is 17.8 Å². The maximum absolute atomic E-state index is 14.5. The molecular formula is C30H26N4O4. The van der Waals surface area contributed by atoms with Gasteiger partial charge in [0.05, 0.1) is 41.2 Å². The Morgan fingerprint density at radius 3 is 2.34 bits per heavy atom. The van der Waals surface area contributed by atoms with Gasteiger partial charge in [-0.25, -0.2) is 9.88 Å². The number of rotatable bonds is 3. The number of anilines is 1. The summed E-state index contributed by atoms with van der Waals surface area (Å²) in [5.74, 6) is -1.11. The van der Waals surface area contributed by atoms with Crippen molar-refractivity contribution in [3.05, 3.63) is 94.5 Å². The Bertz CT molecular complexity index is 1730. The largest absolute Gasteiger partial charge is 0.495 e. The van der Waals surface area contributed by atoms with Crippen molar-refractivity contribution >= 4 is 28.4 Å². The Kier molecular flexibility index (Phi) is 4.72. The molecule has 0 saturated carbocycles. The number of carbonyl (C=O) groups is 2. The molecule has 4 heterocycles. The fourth-order valence-corrected chi connectivity index (χ4v) is 6.78. The third-order valence-corrected chi connectivity index (χ3v) is 8.34. The summed E-state index contributed by atoms with van der Waals surface area (Å²) in [5, 5.41) is 4.21. The van der Waals surface area contributed by atoms with E-state index in [0.717, 1.165) is 5.56 Å². The van der Waals surface area contributed by atoms with Gasteiger partial charge >= 0.3 is 0 Å². The maximum atomic E-state index is 14.5. The lowest BCUT2D eigenvalue weighted by Gasteiger charge is -2.32. The average Bonchev–Trinajstić information content (AvgIpc) is 3.52. The number of imide groups is 1. The van der Waals surface area contributed by atoms with E-state index in [-0.39, 0.29) is 29.3 Å². The number of amides is 2. The first-order chi connectivity index (χ1) is 18.4. The molecule has 8 nitrogen and oxygen atoms in total. The van der Waals surface area contributed by atoms with Crippen LogP contribution in [-0.2, 0) is 15.1 Å². The van der Waals surface area contributed by atoms with Crippen LogP contribution in [0.2, 0.25) is 0 Å². The fourth-order valence-electron chi connectivity index (χ4n) is 6.78. The van der Waals surface area contributed by atoms with E-state index in [0.29, 0.717) is 33.9 Å². The van der Waals surface area contributed by atoms with Crippen LogP contribution in [0.4, 0.5) is 5.69 Å². The average molecular weight is 507 g/mol. The SMILES string of the molecule is COc1ccccc1N1C(=O)[C@H]2[C@H](C(C)C)N[C@]3(c4ccccc4-n4c3nc3ccccc3c4=O)[C@H]2C1=O. The number of para-hydroxylation sites is 4. The highest BCUT2D eigenvalue weighted by Crippen LogP contribution is 2.56. The van der Waals surface area contributed by atoms with Gasteiger partial charge in [-0.1, -0.05) is 56.3 Å². The van der Waals surface area contributed by atoms with E-state index in [4.69, 9.17) is 9.72 Å². The van der Waals surface area contributed by atoms with Gasteiger partial charge in [-0.05, 0) is 36.2 Å². The van der Waals surface area contributed by atoms with Crippen molar-refractivity contribution in [2.45, 2.75) is 25.4 Å². The first-order valence-corrected chi connectivity index (χ1v) is 12.8. The van der Waals surface area contributed by atoms with E-state index in [1.165, 1.54) is 12.0 Å². The molecule has 190 valence electrons. The fraction of sp³-hybridized carbons (Fsp3) is 0.267. The van der Waals surface area contributed by atoms with E-state index in [1.807, 2.05) is 56.3 Å². The minimum atomic E-state index is -1.15. The number of carbonyl (C=O) groups excluding carboxylic acids is 2. The molecule has 2 saturated heterocycles. The second-order valence-electron chi connectivity index (χ2n) is 10.5. The van der Waals surface area contributed by atoms with Crippen molar-refractivity contribution in [3.8, 4) is 11.4 Å². The minimum absolute atomic E-state index is 0.0321. The van der Waals surface area contributed by atoms with Gasteiger partial charge in [0, 0.05) is 11.6 Å². The van der Waals surface area contributed by atoms with Crippen molar-refractivity contribution in [2.75, 3.05) is 12.0 Å². The highest BCUT2D eigenvalue weighted by Gasteiger charge is 2.70. The third kappa shape index (κ3) is 2.67. The standard InChI is InChI=1S/C30H26N4O4/c1-16(2)25-23-24(28(37)33(27(23)36)21-14-8-9-15-22(21)38-3)30(32-25)18-11-5-7-13-20(18)34-26(35)17-10-4-6-12-19(17)31-29(30)34/h4-16,23-25,32H,1-3H3/t23-,24-,25+,30-/m1/s1. The summed E-state index contributed by atoms with van der Waals surface area (Å²) >= 11 is 0. The maximum Gasteiger partial charge on any atom is 0.266 e. The molecule has 3 aliphatic heterocycles. The molecule has 8 heteroatoms. The number of ether oxygens (including phenoxy) is 1. The van der Waals surface area contributed by atoms with E-state index in [9.17, 15) is 14.4 Å². The first-order valence-electron chi connectivity index (χ1n) is 12.8. The zero-order valence-electron chi connectivity index (χ0n) is 21.2. The summed E-state index contributed by atoms with van der Waals surface area (Å²) < 4.78 is 7.14. The van der Waals surface area contributed by atoms with E-state index >= 15 is 0 Å².